The second-order valence-corrected chi connectivity index (χ2v) is 4.70. The normalized spacial score (nSPS) is 18.9. The zero-order valence-corrected chi connectivity index (χ0v) is 10.5. The molecule has 0 aromatic heterocycles. The van der Waals surface area contributed by atoms with Crippen LogP contribution in [-0.4, -0.2) is 34.9 Å². The van der Waals surface area contributed by atoms with Gasteiger partial charge < -0.3 is 10.6 Å². The number of halogens is 2. The van der Waals surface area contributed by atoms with Crippen LogP contribution in [0.25, 0.3) is 0 Å². The average molecular weight is 285 g/mol. The van der Waals surface area contributed by atoms with Crippen LogP contribution in [0.2, 0.25) is 0 Å². The molecule has 0 aliphatic carbocycles. The van der Waals surface area contributed by atoms with Gasteiger partial charge in [0.1, 0.15) is 5.82 Å². The molecule has 1 aliphatic rings. The number of nitrogens with zero attached hydrogens (tertiary/aromatic N) is 2. The fraction of sp³-hybridized carbons (Fsp3) is 0.417. The molecule has 20 heavy (non-hydrogen) atoms. The van der Waals surface area contributed by atoms with Crippen LogP contribution in [0.3, 0.4) is 0 Å². The molecule has 1 saturated heterocycles. The van der Waals surface area contributed by atoms with E-state index in [1.54, 1.807) is 0 Å². The Balaban J connectivity index is 2.36. The summed E-state index contributed by atoms with van der Waals surface area (Å²) in [6.07, 6.45) is 1.40. The summed E-state index contributed by atoms with van der Waals surface area (Å²) in [5.74, 6) is -3.12. The Labute approximate surface area is 113 Å². The molecule has 0 saturated carbocycles. The summed E-state index contributed by atoms with van der Waals surface area (Å²) in [6.45, 7) is 0.596. The molecule has 1 aromatic carbocycles. The first-order chi connectivity index (χ1) is 9.40. The van der Waals surface area contributed by atoms with Crippen molar-refractivity contribution in [2.45, 2.75) is 18.9 Å². The van der Waals surface area contributed by atoms with Crippen LogP contribution in [0.15, 0.2) is 12.1 Å². The topological polar surface area (TPSA) is 89.5 Å². The molecule has 2 N–H and O–H groups in total. The smallest absolute Gasteiger partial charge is 0.308 e. The minimum absolute atomic E-state index is 0.223. The maximum Gasteiger partial charge on any atom is 0.308 e. The van der Waals surface area contributed by atoms with Gasteiger partial charge in [-0.3, -0.25) is 14.9 Å². The van der Waals surface area contributed by atoms with Crippen LogP contribution >= 0.6 is 0 Å². The number of nitrogens with two attached hydrogens (primary N) is 1. The Bertz CT molecular complexity index is 565. The molecule has 1 fully saturated rings. The van der Waals surface area contributed by atoms with E-state index in [1.807, 2.05) is 0 Å². The molecule has 6 nitrogen and oxygen atoms in total. The van der Waals surface area contributed by atoms with Gasteiger partial charge in [0.15, 0.2) is 0 Å². The minimum atomic E-state index is -1.32. The van der Waals surface area contributed by atoms with E-state index in [0.717, 1.165) is 6.42 Å². The highest BCUT2D eigenvalue weighted by Gasteiger charge is 2.29. The number of likely N-dealkylation sites (tertiary alicyclic amines) is 1. The maximum absolute atomic E-state index is 13.9. The number of carbonyl (C=O) groups excluding carboxylic acids is 1. The number of nitro benzene ring substituents is 1. The third-order valence-corrected chi connectivity index (χ3v) is 3.19. The first-order valence-corrected chi connectivity index (χ1v) is 6.08. The van der Waals surface area contributed by atoms with Crippen molar-refractivity contribution in [3.63, 3.8) is 0 Å². The molecule has 0 spiro atoms. The van der Waals surface area contributed by atoms with Crippen molar-refractivity contribution in [3.05, 3.63) is 39.4 Å². The van der Waals surface area contributed by atoms with Gasteiger partial charge in [-0.2, -0.15) is 4.39 Å². The third kappa shape index (κ3) is 2.74. The lowest BCUT2D eigenvalue weighted by atomic mass is 10.0. The van der Waals surface area contributed by atoms with E-state index in [0.29, 0.717) is 25.1 Å². The van der Waals surface area contributed by atoms with Gasteiger partial charge in [-0.1, -0.05) is 0 Å². The summed E-state index contributed by atoms with van der Waals surface area (Å²) < 4.78 is 27.2. The summed E-state index contributed by atoms with van der Waals surface area (Å²) in [5.41, 5.74) is 4.04. The summed E-state index contributed by atoms with van der Waals surface area (Å²) in [6, 6.07) is 0.901. The van der Waals surface area contributed by atoms with Crippen molar-refractivity contribution >= 4 is 11.6 Å². The van der Waals surface area contributed by atoms with Crippen molar-refractivity contribution in [1.29, 1.82) is 0 Å². The summed E-state index contributed by atoms with van der Waals surface area (Å²) in [4.78, 5) is 23.0. The molecule has 1 unspecified atom stereocenters. The van der Waals surface area contributed by atoms with Crippen molar-refractivity contribution in [1.82, 2.24) is 4.90 Å². The van der Waals surface area contributed by atoms with Crippen LogP contribution in [0.1, 0.15) is 23.2 Å². The largest absolute Gasteiger partial charge is 0.337 e. The number of carbonyl (C=O) groups is 1. The first kappa shape index (κ1) is 14.3. The lowest BCUT2D eigenvalue weighted by molar-refractivity contribution is -0.387. The fourth-order valence-corrected chi connectivity index (χ4v) is 2.23. The van der Waals surface area contributed by atoms with Gasteiger partial charge in [0.2, 0.25) is 5.82 Å². The van der Waals surface area contributed by atoms with Crippen LogP contribution in [-0.2, 0) is 0 Å². The van der Waals surface area contributed by atoms with Crippen LogP contribution in [0, 0.1) is 21.7 Å². The molecule has 1 heterocycles. The van der Waals surface area contributed by atoms with Crippen molar-refractivity contribution < 1.29 is 18.5 Å². The fourth-order valence-electron chi connectivity index (χ4n) is 2.23. The van der Waals surface area contributed by atoms with Crippen molar-refractivity contribution in [3.8, 4) is 0 Å². The van der Waals surface area contributed by atoms with Gasteiger partial charge in [-0.05, 0) is 18.9 Å². The Hall–Kier alpha value is -2.09. The molecular formula is C12H13F2N3O3. The van der Waals surface area contributed by atoms with E-state index in [1.165, 1.54) is 4.90 Å². The predicted molar refractivity (Wildman–Crippen MR) is 66.1 cm³/mol. The quantitative estimate of drug-likeness (QED) is 0.657. The molecule has 1 aromatic rings. The van der Waals surface area contributed by atoms with E-state index in [2.05, 4.69) is 0 Å². The molecule has 0 radical (unpaired) electrons. The second-order valence-electron chi connectivity index (χ2n) is 4.70. The van der Waals surface area contributed by atoms with E-state index < -0.39 is 33.7 Å². The number of nitro groups is 1. The molecule has 1 atom stereocenters. The zero-order valence-electron chi connectivity index (χ0n) is 10.5. The molecule has 1 amide bonds. The summed E-state index contributed by atoms with van der Waals surface area (Å²) in [5, 5.41) is 10.6. The second kappa shape index (κ2) is 5.49. The first-order valence-electron chi connectivity index (χ1n) is 6.08. The van der Waals surface area contributed by atoms with Crippen LogP contribution in [0.5, 0.6) is 0 Å². The van der Waals surface area contributed by atoms with Crippen molar-refractivity contribution in [2.75, 3.05) is 13.1 Å². The Morgan fingerprint density at radius 3 is 2.75 bits per heavy atom. The number of hydrogen-bond acceptors (Lipinski definition) is 4. The van der Waals surface area contributed by atoms with Crippen molar-refractivity contribution in [2.24, 2.45) is 5.73 Å². The number of benzene rings is 1. The van der Waals surface area contributed by atoms with Gasteiger partial charge >= 0.3 is 5.69 Å². The van der Waals surface area contributed by atoms with Gasteiger partial charge in [0.25, 0.3) is 5.91 Å². The van der Waals surface area contributed by atoms with Gasteiger partial charge in [-0.25, -0.2) is 4.39 Å². The van der Waals surface area contributed by atoms with Crippen LogP contribution < -0.4 is 5.73 Å². The number of amides is 1. The SMILES string of the molecule is NC1CCCN(C(=O)c2cc(F)cc([N+](=O)[O-])c2F)C1. The molecular weight excluding hydrogens is 272 g/mol. The minimum Gasteiger partial charge on any atom is -0.337 e. The summed E-state index contributed by atoms with van der Waals surface area (Å²) in [7, 11) is 0. The molecule has 108 valence electrons. The highest BCUT2D eigenvalue weighted by atomic mass is 19.1. The average Bonchev–Trinajstić information content (AvgIpc) is 2.40. The number of rotatable bonds is 2. The molecule has 0 bridgehead atoms. The Kier molecular flexibility index (Phi) is 3.93. The Morgan fingerprint density at radius 2 is 2.15 bits per heavy atom. The van der Waals surface area contributed by atoms with Crippen LogP contribution in [0.4, 0.5) is 14.5 Å². The number of hydrogen-bond donors (Lipinski definition) is 1. The molecule has 1 aliphatic heterocycles. The molecule has 2 rings (SSSR count). The summed E-state index contributed by atoms with van der Waals surface area (Å²) >= 11 is 0. The lowest BCUT2D eigenvalue weighted by Crippen LogP contribution is -2.46. The van der Waals surface area contributed by atoms with E-state index >= 15 is 0 Å². The Morgan fingerprint density at radius 1 is 1.45 bits per heavy atom. The van der Waals surface area contributed by atoms with E-state index in [9.17, 15) is 23.7 Å². The van der Waals surface area contributed by atoms with Gasteiger partial charge in [0.05, 0.1) is 16.6 Å². The van der Waals surface area contributed by atoms with Gasteiger partial charge in [-0.15, -0.1) is 0 Å². The number of piperidine rings is 1. The lowest BCUT2D eigenvalue weighted by Gasteiger charge is -2.30. The molecule has 8 heteroatoms. The predicted octanol–water partition coefficient (Wildman–Crippen LogP) is 1.44. The highest BCUT2D eigenvalue weighted by molar-refractivity contribution is 5.95. The standard InChI is InChI=1S/C12H13F2N3O3/c13-7-4-9(11(14)10(5-7)17(19)20)12(18)16-3-1-2-8(15)6-16/h4-5,8H,1-3,6,15H2. The monoisotopic (exact) mass is 285 g/mol. The van der Waals surface area contributed by atoms with E-state index in [4.69, 9.17) is 5.73 Å². The zero-order chi connectivity index (χ0) is 14.9. The third-order valence-electron chi connectivity index (χ3n) is 3.19. The highest BCUT2D eigenvalue weighted by Crippen LogP contribution is 2.24. The van der Waals surface area contributed by atoms with E-state index in [-0.39, 0.29) is 12.6 Å². The maximum atomic E-state index is 13.9. The van der Waals surface area contributed by atoms with Gasteiger partial charge in [0, 0.05) is 19.1 Å².